The number of hydrogen-bond donors (Lipinski definition) is 0. The highest BCUT2D eigenvalue weighted by Gasteiger charge is 2.16. The van der Waals surface area contributed by atoms with Gasteiger partial charge in [-0.1, -0.05) is 25.5 Å². The average molecular weight is 298 g/mol. The predicted octanol–water partition coefficient (Wildman–Crippen LogP) is 3.81. The van der Waals surface area contributed by atoms with Crippen LogP contribution in [0, 0.1) is 0 Å². The minimum absolute atomic E-state index is 0.124. The maximum atomic E-state index is 12.6. The molecule has 0 N–H and O–H groups in total. The minimum Gasteiger partial charge on any atom is -0.497 e. The molecule has 2 rings (SSSR count). The zero-order valence-electron chi connectivity index (χ0n) is 13.2. The lowest BCUT2D eigenvalue weighted by atomic mass is 10.1. The Bertz CT molecular complexity index is 599. The third kappa shape index (κ3) is 4.32. The second-order valence-corrected chi connectivity index (χ2v) is 5.15. The van der Waals surface area contributed by atoms with Crippen LogP contribution < -0.4 is 9.64 Å². The first-order valence-corrected chi connectivity index (χ1v) is 7.58. The van der Waals surface area contributed by atoms with Crippen molar-refractivity contribution in [3.63, 3.8) is 0 Å². The van der Waals surface area contributed by atoms with E-state index in [1.54, 1.807) is 24.4 Å². The lowest BCUT2D eigenvalue weighted by molar-refractivity contribution is -0.118. The number of hydrogen-bond acceptors (Lipinski definition) is 3. The summed E-state index contributed by atoms with van der Waals surface area (Å²) in [6, 6.07) is 11.5. The number of methoxy groups -OCH3 is 1. The van der Waals surface area contributed by atoms with Crippen molar-refractivity contribution in [1.29, 1.82) is 0 Å². The predicted molar refractivity (Wildman–Crippen MR) is 87.9 cm³/mol. The van der Waals surface area contributed by atoms with E-state index < -0.39 is 0 Å². The Balaban J connectivity index is 2.25. The van der Waals surface area contributed by atoms with Crippen LogP contribution in [0.3, 0.4) is 0 Å². The van der Waals surface area contributed by atoms with Crippen LogP contribution in [0.25, 0.3) is 0 Å². The topological polar surface area (TPSA) is 42.4 Å². The molecule has 1 aromatic carbocycles. The molecule has 0 radical (unpaired) electrons. The van der Waals surface area contributed by atoms with E-state index in [-0.39, 0.29) is 5.91 Å². The molecule has 0 bridgehead atoms. The Kier molecular flexibility index (Phi) is 5.95. The summed E-state index contributed by atoms with van der Waals surface area (Å²) >= 11 is 0. The molecule has 0 aliphatic rings. The van der Waals surface area contributed by atoms with Crippen molar-refractivity contribution in [1.82, 2.24) is 4.98 Å². The second-order valence-electron chi connectivity index (χ2n) is 5.15. The second kappa shape index (κ2) is 8.17. The molecule has 0 saturated heterocycles. The van der Waals surface area contributed by atoms with E-state index in [2.05, 4.69) is 11.9 Å². The number of pyridine rings is 1. The largest absolute Gasteiger partial charge is 0.497 e. The van der Waals surface area contributed by atoms with E-state index >= 15 is 0 Å². The van der Waals surface area contributed by atoms with Gasteiger partial charge in [-0.2, -0.15) is 0 Å². The number of ether oxygens (including phenoxy) is 1. The first-order valence-electron chi connectivity index (χ1n) is 7.58. The van der Waals surface area contributed by atoms with E-state index in [0.717, 1.165) is 29.8 Å². The molecule has 0 aliphatic carbocycles. The highest BCUT2D eigenvalue weighted by atomic mass is 16.5. The smallest absolute Gasteiger partial charge is 0.227 e. The summed E-state index contributed by atoms with van der Waals surface area (Å²) in [5, 5.41) is 0. The van der Waals surface area contributed by atoms with E-state index in [9.17, 15) is 4.79 Å². The molecule has 0 spiro atoms. The van der Waals surface area contributed by atoms with E-state index in [0.29, 0.717) is 13.0 Å². The van der Waals surface area contributed by atoms with Crippen LogP contribution in [0.1, 0.15) is 31.7 Å². The molecule has 0 aliphatic heterocycles. The molecule has 4 heteroatoms. The Morgan fingerprint density at radius 2 is 2.14 bits per heavy atom. The van der Waals surface area contributed by atoms with Crippen molar-refractivity contribution < 1.29 is 9.53 Å². The molecule has 0 unspecified atom stereocenters. The van der Waals surface area contributed by atoms with Crippen LogP contribution in [0.15, 0.2) is 48.8 Å². The number of amides is 1. The van der Waals surface area contributed by atoms with Crippen LogP contribution in [-0.2, 0) is 11.3 Å². The van der Waals surface area contributed by atoms with Gasteiger partial charge < -0.3 is 9.64 Å². The average Bonchev–Trinajstić information content (AvgIpc) is 2.58. The first kappa shape index (κ1) is 16.0. The SMILES string of the molecule is CCCCC(=O)N(Cc1cccnc1)c1cccc(OC)c1. The number of nitrogens with zero attached hydrogens (tertiary/aromatic N) is 2. The number of anilines is 1. The monoisotopic (exact) mass is 298 g/mol. The van der Waals surface area contributed by atoms with Gasteiger partial charge in [0.15, 0.2) is 0 Å². The van der Waals surface area contributed by atoms with Gasteiger partial charge in [0.2, 0.25) is 5.91 Å². The molecule has 1 amide bonds. The Morgan fingerprint density at radius 1 is 1.27 bits per heavy atom. The molecule has 2 aromatic rings. The van der Waals surface area contributed by atoms with Crippen molar-refractivity contribution in [2.75, 3.05) is 12.0 Å². The highest BCUT2D eigenvalue weighted by molar-refractivity contribution is 5.93. The molecule has 1 heterocycles. The van der Waals surface area contributed by atoms with Gasteiger partial charge in [0.1, 0.15) is 5.75 Å². The number of carbonyl (C=O) groups excluding carboxylic acids is 1. The molecular weight excluding hydrogens is 276 g/mol. The van der Waals surface area contributed by atoms with Crippen LogP contribution in [-0.4, -0.2) is 18.0 Å². The van der Waals surface area contributed by atoms with E-state index in [1.165, 1.54) is 0 Å². The minimum atomic E-state index is 0.124. The number of carbonyl (C=O) groups is 1. The van der Waals surface area contributed by atoms with Crippen molar-refractivity contribution in [2.24, 2.45) is 0 Å². The van der Waals surface area contributed by atoms with Crippen molar-refractivity contribution in [3.05, 3.63) is 54.4 Å². The molecule has 4 nitrogen and oxygen atoms in total. The van der Waals surface area contributed by atoms with Crippen LogP contribution in [0.5, 0.6) is 5.75 Å². The fourth-order valence-corrected chi connectivity index (χ4v) is 2.24. The van der Waals surface area contributed by atoms with Crippen LogP contribution in [0.2, 0.25) is 0 Å². The number of unbranched alkanes of at least 4 members (excludes halogenated alkanes) is 1. The van der Waals surface area contributed by atoms with Crippen molar-refractivity contribution in [3.8, 4) is 5.75 Å². The number of rotatable bonds is 7. The lowest BCUT2D eigenvalue weighted by Gasteiger charge is -2.23. The van der Waals surface area contributed by atoms with Crippen LogP contribution >= 0.6 is 0 Å². The maximum Gasteiger partial charge on any atom is 0.227 e. The third-order valence-electron chi connectivity index (χ3n) is 3.47. The fraction of sp³-hybridized carbons (Fsp3) is 0.333. The first-order chi connectivity index (χ1) is 10.7. The van der Waals surface area contributed by atoms with Gasteiger partial charge in [-0.3, -0.25) is 9.78 Å². The normalized spacial score (nSPS) is 10.3. The molecule has 0 atom stereocenters. The quantitative estimate of drug-likeness (QED) is 0.780. The molecule has 0 saturated carbocycles. The summed E-state index contributed by atoms with van der Waals surface area (Å²) in [5.74, 6) is 0.871. The summed E-state index contributed by atoms with van der Waals surface area (Å²) in [6.45, 7) is 2.60. The maximum absolute atomic E-state index is 12.6. The zero-order valence-corrected chi connectivity index (χ0v) is 13.2. The lowest BCUT2D eigenvalue weighted by Crippen LogP contribution is -2.30. The number of aromatic nitrogens is 1. The molecule has 1 aromatic heterocycles. The summed E-state index contributed by atoms with van der Waals surface area (Å²) in [5.41, 5.74) is 1.86. The Labute approximate surface area is 131 Å². The molecular formula is C18H22N2O2. The molecule has 0 fully saturated rings. The highest BCUT2D eigenvalue weighted by Crippen LogP contribution is 2.23. The fourth-order valence-electron chi connectivity index (χ4n) is 2.24. The van der Waals surface area contributed by atoms with Gasteiger partial charge in [0.25, 0.3) is 0 Å². The van der Waals surface area contributed by atoms with Gasteiger partial charge in [-0.15, -0.1) is 0 Å². The van der Waals surface area contributed by atoms with Crippen molar-refractivity contribution in [2.45, 2.75) is 32.7 Å². The summed E-state index contributed by atoms with van der Waals surface area (Å²) in [4.78, 5) is 18.5. The number of benzene rings is 1. The van der Waals surface area contributed by atoms with E-state index in [4.69, 9.17) is 4.74 Å². The molecule has 116 valence electrons. The summed E-state index contributed by atoms with van der Waals surface area (Å²) in [7, 11) is 1.63. The summed E-state index contributed by atoms with van der Waals surface area (Å²) < 4.78 is 5.27. The van der Waals surface area contributed by atoms with Gasteiger partial charge in [-0.05, 0) is 30.2 Å². The molecule has 22 heavy (non-hydrogen) atoms. The van der Waals surface area contributed by atoms with Gasteiger partial charge in [0, 0.05) is 30.6 Å². The third-order valence-corrected chi connectivity index (χ3v) is 3.47. The Hall–Kier alpha value is -2.36. The van der Waals surface area contributed by atoms with Gasteiger partial charge in [-0.25, -0.2) is 0 Å². The standard InChI is InChI=1S/C18H22N2O2/c1-3-4-10-18(21)20(14-15-7-6-11-19-13-15)16-8-5-9-17(12-16)22-2/h5-9,11-13H,3-4,10,14H2,1-2H3. The van der Waals surface area contributed by atoms with Gasteiger partial charge in [0.05, 0.1) is 13.7 Å². The summed E-state index contributed by atoms with van der Waals surface area (Å²) in [6.07, 6.45) is 5.98. The Morgan fingerprint density at radius 3 is 2.82 bits per heavy atom. The van der Waals surface area contributed by atoms with E-state index in [1.807, 2.05) is 36.4 Å². The zero-order chi connectivity index (χ0) is 15.8. The van der Waals surface area contributed by atoms with Gasteiger partial charge >= 0.3 is 0 Å². The van der Waals surface area contributed by atoms with Crippen molar-refractivity contribution >= 4 is 11.6 Å². The van der Waals surface area contributed by atoms with Crippen LogP contribution in [0.4, 0.5) is 5.69 Å².